The predicted molar refractivity (Wildman–Crippen MR) is 115 cm³/mol. The van der Waals surface area contributed by atoms with Gasteiger partial charge in [-0.05, 0) is 49.8 Å². The molecule has 2 aliphatic heterocycles. The van der Waals surface area contributed by atoms with Crippen LogP contribution in [0.4, 0.5) is 18.9 Å². The van der Waals surface area contributed by atoms with E-state index in [1.54, 1.807) is 17.0 Å². The van der Waals surface area contributed by atoms with E-state index in [0.29, 0.717) is 51.3 Å². The Hall–Kier alpha value is -2.80. The van der Waals surface area contributed by atoms with E-state index in [9.17, 15) is 22.8 Å². The molecule has 10 heteroatoms. The van der Waals surface area contributed by atoms with Crippen LogP contribution in [0.2, 0.25) is 0 Å². The molecular weight excluding hydrogens is 437 g/mol. The number of alkyl halides is 3. The Morgan fingerprint density at radius 2 is 1.94 bits per heavy atom. The van der Waals surface area contributed by atoms with Crippen molar-refractivity contribution in [3.8, 4) is 6.07 Å². The van der Waals surface area contributed by atoms with Gasteiger partial charge in [0.25, 0.3) is 0 Å². The average molecular weight is 467 g/mol. The summed E-state index contributed by atoms with van der Waals surface area (Å²) in [6.07, 6.45) is -3.19. The number of rotatable bonds is 6. The van der Waals surface area contributed by atoms with Crippen LogP contribution in [0.3, 0.4) is 0 Å². The molecule has 1 aromatic rings. The molecule has 180 valence electrons. The van der Waals surface area contributed by atoms with Gasteiger partial charge in [-0.25, -0.2) is 0 Å². The number of halogens is 3. The molecular formula is C23H29F3N4O3. The molecule has 0 aromatic heterocycles. The zero-order chi connectivity index (χ0) is 24.2. The maximum atomic E-state index is 13.3. The number of benzene rings is 1. The lowest BCUT2D eigenvalue weighted by Crippen LogP contribution is -2.41. The van der Waals surface area contributed by atoms with Gasteiger partial charge in [0.2, 0.25) is 11.8 Å². The van der Waals surface area contributed by atoms with Crippen molar-refractivity contribution in [1.82, 2.24) is 10.2 Å². The summed E-state index contributed by atoms with van der Waals surface area (Å²) in [5, 5.41) is 11.9. The van der Waals surface area contributed by atoms with Crippen molar-refractivity contribution < 1.29 is 27.5 Å². The lowest BCUT2D eigenvalue weighted by molar-refractivity contribution is -0.138. The van der Waals surface area contributed by atoms with E-state index >= 15 is 0 Å². The van der Waals surface area contributed by atoms with E-state index < -0.39 is 17.3 Å². The van der Waals surface area contributed by atoms with Gasteiger partial charge in [0.1, 0.15) is 6.61 Å². The molecule has 33 heavy (non-hydrogen) atoms. The van der Waals surface area contributed by atoms with E-state index in [4.69, 9.17) is 10.00 Å². The number of carbonyl (C=O) groups excluding carboxylic acids is 2. The van der Waals surface area contributed by atoms with Crippen molar-refractivity contribution in [3.63, 3.8) is 0 Å². The van der Waals surface area contributed by atoms with Gasteiger partial charge in [-0.1, -0.05) is 0 Å². The first kappa shape index (κ1) is 24.8. The summed E-state index contributed by atoms with van der Waals surface area (Å²) < 4.78 is 45.0. The molecule has 0 bridgehead atoms. The number of hydrogen-bond acceptors (Lipinski definition) is 5. The Morgan fingerprint density at radius 3 is 2.52 bits per heavy atom. The topological polar surface area (TPSA) is 85.7 Å². The standard InChI is InChI=1S/C23H29F3N4O3/c1-3-28-22(32)19-13-30(21(31)14-33-2)12-18(19)15-6-8-29(9-7-15)17-5-4-16(11-27)20(10-17)23(24,25)26/h4-5,10,15,18-19H,3,6-9,12-14H2,1-2H3,(H,28,32)/t18-,19+/m0/s1. The van der Waals surface area contributed by atoms with Crippen LogP contribution in [0, 0.1) is 29.1 Å². The number of piperidine rings is 1. The number of anilines is 1. The third-order valence-electron chi connectivity index (χ3n) is 6.61. The quantitative estimate of drug-likeness (QED) is 0.697. The molecule has 1 N–H and O–H groups in total. The zero-order valence-corrected chi connectivity index (χ0v) is 18.8. The van der Waals surface area contributed by atoms with Gasteiger partial charge < -0.3 is 19.9 Å². The fraction of sp³-hybridized carbons (Fsp3) is 0.609. The molecule has 0 saturated carbocycles. The minimum atomic E-state index is -4.60. The molecule has 2 atom stereocenters. The molecule has 0 unspecified atom stereocenters. The fourth-order valence-electron chi connectivity index (χ4n) is 4.95. The predicted octanol–water partition coefficient (Wildman–Crippen LogP) is 2.65. The number of carbonyl (C=O) groups is 2. The molecule has 2 saturated heterocycles. The number of ether oxygens (including phenoxy) is 1. The molecule has 2 heterocycles. The number of hydrogen-bond donors (Lipinski definition) is 1. The fourth-order valence-corrected chi connectivity index (χ4v) is 4.95. The number of amides is 2. The van der Waals surface area contributed by atoms with Crippen molar-refractivity contribution >= 4 is 17.5 Å². The molecule has 1 aromatic carbocycles. The number of nitriles is 1. The molecule has 0 radical (unpaired) electrons. The Balaban J connectivity index is 1.72. The third kappa shape index (κ3) is 5.58. The monoisotopic (exact) mass is 466 g/mol. The van der Waals surface area contributed by atoms with Crippen LogP contribution >= 0.6 is 0 Å². The van der Waals surface area contributed by atoms with Gasteiger partial charge in [-0.3, -0.25) is 9.59 Å². The summed E-state index contributed by atoms with van der Waals surface area (Å²) in [4.78, 5) is 28.6. The van der Waals surface area contributed by atoms with Crippen LogP contribution in [0.5, 0.6) is 0 Å². The van der Waals surface area contributed by atoms with Crippen molar-refractivity contribution in [2.24, 2.45) is 17.8 Å². The van der Waals surface area contributed by atoms with E-state index in [-0.39, 0.29) is 36.2 Å². The van der Waals surface area contributed by atoms with Crippen molar-refractivity contribution in [3.05, 3.63) is 29.3 Å². The smallest absolute Gasteiger partial charge is 0.375 e. The van der Waals surface area contributed by atoms with Gasteiger partial charge in [0.05, 0.1) is 23.1 Å². The maximum Gasteiger partial charge on any atom is 0.417 e. The Bertz CT molecular complexity index is 907. The van der Waals surface area contributed by atoms with E-state index in [1.165, 1.54) is 13.2 Å². The summed E-state index contributed by atoms with van der Waals surface area (Å²) in [7, 11) is 1.45. The number of nitrogens with one attached hydrogen (secondary N) is 1. The summed E-state index contributed by atoms with van der Waals surface area (Å²) >= 11 is 0. The second kappa shape index (κ2) is 10.4. The van der Waals surface area contributed by atoms with E-state index in [0.717, 1.165) is 6.07 Å². The van der Waals surface area contributed by atoms with Gasteiger partial charge in [0.15, 0.2) is 0 Å². The van der Waals surface area contributed by atoms with Crippen molar-refractivity contribution in [2.75, 3.05) is 51.3 Å². The molecule has 0 aliphatic carbocycles. The van der Waals surface area contributed by atoms with Crippen LogP contribution in [-0.2, 0) is 20.5 Å². The Morgan fingerprint density at radius 1 is 1.24 bits per heavy atom. The normalized spacial score (nSPS) is 21.7. The first-order valence-electron chi connectivity index (χ1n) is 11.1. The lowest BCUT2D eigenvalue weighted by atomic mass is 9.78. The highest BCUT2D eigenvalue weighted by atomic mass is 19.4. The first-order valence-corrected chi connectivity index (χ1v) is 11.1. The maximum absolute atomic E-state index is 13.3. The zero-order valence-electron chi connectivity index (χ0n) is 18.8. The van der Waals surface area contributed by atoms with Gasteiger partial charge in [-0.15, -0.1) is 0 Å². The summed E-state index contributed by atoms with van der Waals surface area (Å²) in [6.45, 7) is 4.23. The summed E-state index contributed by atoms with van der Waals surface area (Å²) in [5.74, 6) is -0.363. The van der Waals surface area contributed by atoms with Crippen LogP contribution < -0.4 is 10.2 Å². The Labute approximate surface area is 191 Å². The summed E-state index contributed by atoms with van der Waals surface area (Å²) in [6, 6.07) is 5.41. The van der Waals surface area contributed by atoms with Gasteiger partial charge >= 0.3 is 6.18 Å². The number of likely N-dealkylation sites (tertiary alicyclic amines) is 1. The highest BCUT2D eigenvalue weighted by Crippen LogP contribution is 2.39. The molecule has 2 amide bonds. The molecule has 2 fully saturated rings. The van der Waals surface area contributed by atoms with Crippen molar-refractivity contribution in [1.29, 1.82) is 5.26 Å². The third-order valence-corrected chi connectivity index (χ3v) is 6.61. The number of nitrogens with zero attached hydrogens (tertiary/aromatic N) is 3. The number of methoxy groups -OCH3 is 1. The van der Waals surface area contributed by atoms with Gasteiger partial charge in [0, 0.05) is 45.5 Å². The highest BCUT2D eigenvalue weighted by molar-refractivity contribution is 5.83. The minimum Gasteiger partial charge on any atom is -0.375 e. The largest absolute Gasteiger partial charge is 0.417 e. The molecule has 0 spiro atoms. The average Bonchev–Trinajstić information content (AvgIpc) is 3.24. The highest BCUT2D eigenvalue weighted by Gasteiger charge is 2.44. The Kier molecular flexibility index (Phi) is 7.84. The SMILES string of the molecule is CCNC(=O)[C@@H]1CN(C(=O)COC)C[C@H]1C1CCN(c2ccc(C#N)c(C(F)(F)F)c2)CC1. The molecule has 3 rings (SSSR count). The second-order valence-electron chi connectivity index (χ2n) is 8.56. The lowest BCUT2D eigenvalue weighted by Gasteiger charge is -2.37. The molecule has 7 nitrogen and oxygen atoms in total. The van der Waals surface area contributed by atoms with Crippen molar-refractivity contribution in [2.45, 2.75) is 25.9 Å². The van der Waals surface area contributed by atoms with E-state index in [2.05, 4.69) is 5.32 Å². The summed E-state index contributed by atoms with van der Waals surface area (Å²) in [5.41, 5.74) is -0.884. The second-order valence-corrected chi connectivity index (χ2v) is 8.56. The molecule has 2 aliphatic rings. The van der Waals surface area contributed by atoms with Gasteiger partial charge in [-0.2, -0.15) is 18.4 Å². The van der Waals surface area contributed by atoms with Crippen LogP contribution in [-0.4, -0.2) is 63.2 Å². The first-order chi connectivity index (χ1) is 15.7. The van der Waals surface area contributed by atoms with Crippen LogP contribution in [0.25, 0.3) is 0 Å². The van der Waals surface area contributed by atoms with E-state index in [1.807, 2.05) is 11.8 Å². The van der Waals surface area contributed by atoms with Crippen LogP contribution in [0.1, 0.15) is 30.9 Å². The van der Waals surface area contributed by atoms with Crippen LogP contribution in [0.15, 0.2) is 18.2 Å². The minimum absolute atomic E-state index is 0.00814.